The van der Waals surface area contributed by atoms with Crippen molar-refractivity contribution in [3.63, 3.8) is 0 Å². The van der Waals surface area contributed by atoms with Crippen LogP contribution >= 0.6 is 0 Å². The van der Waals surface area contributed by atoms with E-state index in [1.165, 1.54) is 5.56 Å². The summed E-state index contributed by atoms with van der Waals surface area (Å²) in [6, 6.07) is 21.9. The van der Waals surface area contributed by atoms with Crippen LogP contribution in [0.2, 0.25) is 0 Å². The van der Waals surface area contributed by atoms with Crippen LogP contribution in [0.5, 0.6) is 17.4 Å². The van der Waals surface area contributed by atoms with Crippen LogP contribution in [0.25, 0.3) is 10.9 Å². The maximum atomic E-state index is 12.0. The molecule has 226 valence electrons. The first-order chi connectivity index (χ1) is 21.0. The third kappa shape index (κ3) is 7.20. The monoisotopic (exact) mass is 583 g/mol. The molecule has 1 saturated heterocycles. The fourth-order valence-electron chi connectivity index (χ4n) is 5.63. The van der Waals surface area contributed by atoms with Gasteiger partial charge in [0, 0.05) is 23.6 Å². The van der Waals surface area contributed by atoms with E-state index >= 15 is 0 Å². The number of nitrogens with zero attached hydrogens (tertiary/aromatic N) is 2. The molecule has 2 N–H and O–H groups in total. The Morgan fingerprint density at radius 2 is 1.60 bits per heavy atom. The number of benzene rings is 3. The maximum absolute atomic E-state index is 12.0. The van der Waals surface area contributed by atoms with E-state index in [9.17, 15) is 9.90 Å². The van der Waals surface area contributed by atoms with Crippen LogP contribution in [-0.4, -0.2) is 66.1 Å². The minimum absolute atomic E-state index is 0.0289. The van der Waals surface area contributed by atoms with E-state index in [0.717, 1.165) is 61.1 Å². The van der Waals surface area contributed by atoms with E-state index < -0.39 is 0 Å². The molecule has 0 aliphatic carbocycles. The molecule has 0 saturated carbocycles. The number of rotatable bonds is 12. The highest BCUT2D eigenvalue weighted by Gasteiger charge is 2.26. The van der Waals surface area contributed by atoms with Gasteiger partial charge in [0.25, 0.3) is 0 Å². The molecule has 1 fully saturated rings. The summed E-state index contributed by atoms with van der Waals surface area (Å²) >= 11 is 0. The highest BCUT2D eigenvalue weighted by Crippen LogP contribution is 2.38. The third-order valence-corrected chi connectivity index (χ3v) is 7.83. The van der Waals surface area contributed by atoms with Gasteiger partial charge in [-0.25, -0.2) is 4.99 Å². The Morgan fingerprint density at radius 1 is 0.930 bits per heavy atom. The van der Waals surface area contributed by atoms with Crippen molar-refractivity contribution in [2.75, 3.05) is 39.5 Å². The second-order valence-electron chi connectivity index (χ2n) is 10.7. The summed E-state index contributed by atoms with van der Waals surface area (Å²) in [4.78, 5) is 22.6. The Labute approximate surface area is 253 Å². The summed E-state index contributed by atoms with van der Waals surface area (Å²) in [5, 5.41) is 12.0. The number of aliphatic imine (C=N–C) groups is 1. The molecule has 1 aliphatic heterocycles. The van der Waals surface area contributed by atoms with Gasteiger partial charge in [0.1, 0.15) is 0 Å². The van der Waals surface area contributed by atoms with Crippen molar-refractivity contribution in [3.05, 3.63) is 83.4 Å². The highest BCUT2D eigenvalue weighted by molar-refractivity contribution is 6.22. The van der Waals surface area contributed by atoms with Crippen molar-refractivity contribution in [1.82, 2.24) is 9.88 Å². The third-order valence-electron chi connectivity index (χ3n) is 7.83. The van der Waals surface area contributed by atoms with Crippen LogP contribution < -0.4 is 9.47 Å². The number of aromatic hydroxyl groups is 1. The van der Waals surface area contributed by atoms with Crippen molar-refractivity contribution < 1.29 is 24.1 Å². The molecule has 8 heteroatoms. The zero-order valence-electron chi connectivity index (χ0n) is 25.3. The average molecular weight is 584 g/mol. The van der Waals surface area contributed by atoms with Crippen LogP contribution in [0.4, 0.5) is 5.69 Å². The summed E-state index contributed by atoms with van der Waals surface area (Å²) in [5.41, 5.74) is 4.93. The molecule has 1 aliphatic rings. The Hall–Kier alpha value is -4.30. The first-order valence-corrected chi connectivity index (χ1v) is 15.3. The van der Waals surface area contributed by atoms with Gasteiger partial charge >= 0.3 is 5.97 Å². The Bertz CT molecular complexity index is 1540. The number of carbonyl (C=O) groups excluding carboxylic acids is 1. The number of hydrogen-bond donors (Lipinski definition) is 2. The van der Waals surface area contributed by atoms with Gasteiger partial charge < -0.3 is 29.2 Å². The van der Waals surface area contributed by atoms with Gasteiger partial charge in [-0.15, -0.1) is 0 Å². The Kier molecular flexibility index (Phi) is 10.00. The van der Waals surface area contributed by atoms with Crippen molar-refractivity contribution in [3.8, 4) is 17.4 Å². The zero-order valence-corrected chi connectivity index (χ0v) is 25.3. The van der Waals surface area contributed by atoms with Crippen molar-refractivity contribution in [2.24, 2.45) is 10.9 Å². The average Bonchev–Trinajstić information content (AvgIpc) is 3.34. The maximum Gasteiger partial charge on any atom is 0.309 e. The fraction of sp³-hybridized carbons (Fsp3) is 0.371. The second-order valence-corrected chi connectivity index (χ2v) is 10.7. The molecule has 0 atom stereocenters. The van der Waals surface area contributed by atoms with E-state index in [2.05, 4.69) is 22.0 Å². The molecule has 3 aromatic carbocycles. The molecule has 1 aromatic heterocycles. The van der Waals surface area contributed by atoms with Crippen LogP contribution in [0.1, 0.15) is 50.3 Å². The van der Waals surface area contributed by atoms with E-state index in [1.54, 1.807) is 0 Å². The number of H-pyrrole nitrogens is 1. The molecule has 5 rings (SSSR count). The summed E-state index contributed by atoms with van der Waals surface area (Å²) in [6.45, 7) is 9.94. The topological polar surface area (TPSA) is 96.4 Å². The molecular weight excluding hydrogens is 542 g/mol. The fourth-order valence-corrected chi connectivity index (χ4v) is 5.63. The van der Waals surface area contributed by atoms with Gasteiger partial charge in [-0.3, -0.25) is 4.79 Å². The van der Waals surface area contributed by atoms with Crippen LogP contribution in [0, 0.1) is 5.92 Å². The van der Waals surface area contributed by atoms with Crippen molar-refractivity contribution >= 4 is 28.3 Å². The Morgan fingerprint density at radius 3 is 2.26 bits per heavy atom. The predicted octanol–water partition coefficient (Wildman–Crippen LogP) is 6.66. The largest absolute Gasteiger partial charge is 0.494 e. The molecular formula is C35H41N3O5. The van der Waals surface area contributed by atoms with E-state index in [4.69, 9.17) is 19.2 Å². The molecule has 8 nitrogen and oxygen atoms in total. The molecule has 0 spiro atoms. The number of esters is 1. The van der Waals surface area contributed by atoms with Gasteiger partial charge in [-0.2, -0.15) is 0 Å². The van der Waals surface area contributed by atoms with Crippen LogP contribution in [0.3, 0.4) is 0 Å². The summed E-state index contributed by atoms with van der Waals surface area (Å²) in [6.07, 6.45) is 2.63. The number of carbonyl (C=O) groups is 1. The normalized spacial score (nSPS) is 14.6. The number of fused-ring (bicyclic) bond motifs is 1. The summed E-state index contributed by atoms with van der Waals surface area (Å²) < 4.78 is 16.9. The van der Waals surface area contributed by atoms with Gasteiger partial charge in [0.05, 0.1) is 48.2 Å². The molecule has 4 aromatic rings. The van der Waals surface area contributed by atoms with Crippen molar-refractivity contribution in [2.45, 2.75) is 40.0 Å². The minimum atomic E-state index is -0.0564. The van der Waals surface area contributed by atoms with Gasteiger partial charge in [0.2, 0.25) is 0 Å². The van der Waals surface area contributed by atoms with Gasteiger partial charge in [-0.1, -0.05) is 42.5 Å². The minimum Gasteiger partial charge on any atom is -0.494 e. The first kappa shape index (κ1) is 30.2. The summed E-state index contributed by atoms with van der Waals surface area (Å²) in [7, 11) is 0. The molecule has 0 bridgehead atoms. The molecule has 0 radical (unpaired) electrons. The SMILES string of the molecule is CCOC(=O)C1CCN(CCc2ccc(N=C(c3ccccc3)c3c(O)[nH]c4cc(OCC)c(OCC)cc34)cc2)CC1. The quantitative estimate of drug-likeness (QED) is 0.143. The Balaban J connectivity index is 1.38. The number of aromatic amines is 1. The number of likely N-dealkylation sites (tertiary alicyclic amines) is 1. The lowest BCUT2D eigenvalue weighted by Gasteiger charge is -2.30. The number of hydrogen-bond acceptors (Lipinski definition) is 7. The lowest BCUT2D eigenvalue weighted by molar-refractivity contribution is -0.149. The van der Waals surface area contributed by atoms with Crippen LogP contribution in [0.15, 0.2) is 71.7 Å². The van der Waals surface area contributed by atoms with E-state index in [1.807, 2.05) is 75.4 Å². The number of aromatic nitrogens is 1. The second kappa shape index (κ2) is 14.2. The molecule has 43 heavy (non-hydrogen) atoms. The highest BCUT2D eigenvalue weighted by atomic mass is 16.5. The first-order valence-electron chi connectivity index (χ1n) is 15.3. The molecule has 0 unspecified atom stereocenters. The lowest BCUT2D eigenvalue weighted by atomic mass is 9.96. The number of nitrogens with one attached hydrogen (secondary N) is 1. The zero-order chi connectivity index (χ0) is 30.2. The molecule has 0 amide bonds. The van der Waals surface area contributed by atoms with Crippen LogP contribution in [-0.2, 0) is 16.0 Å². The van der Waals surface area contributed by atoms with E-state index in [-0.39, 0.29) is 17.8 Å². The lowest BCUT2D eigenvalue weighted by Crippen LogP contribution is -2.38. The van der Waals surface area contributed by atoms with Gasteiger partial charge in [-0.05, 0) is 76.9 Å². The van der Waals surface area contributed by atoms with Gasteiger partial charge in [0.15, 0.2) is 17.4 Å². The number of ether oxygens (including phenoxy) is 3. The smallest absolute Gasteiger partial charge is 0.309 e. The number of piperidine rings is 1. The predicted molar refractivity (Wildman–Crippen MR) is 170 cm³/mol. The van der Waals surface area contributed by atoms with E-state index in [0.29, 0.717) is 42.6 Å². The van der Waals surface area contributed by atoms with Crippen molar-refractivity contribution in [1.29, 1.82) is 0 Å². The molecule has 2 heterocycles. The standard InChI is InChI=1S/C35H41N3O5/c1-4-41-30-22-28-29(23-31(30)42-5-2)37-34(39)32(28)33(25-10-8-7-9-11-25)36-27-14-12-24(13-15-27)16-19-38-20-17-26(18-21-38)35(40)43-6-3/h7-15,22-23,26,37,39H,4-6,16-21H2,1-3H3. The summed E-state index contributed by atoms with van der Waals surface area (Å²) in [5.74, 6) is 1.26.